The molecule has 4 aromatic rings. The van der Waals surface area contributed by atoms with E-state index in [1.54, 1.807) is 38.0 Å². The van der Waals surface area contributed by atoms with Gasteiger partial charge in [-0.2, -0.15) is 29.9 Å². The molecule has 6 rings (SSSR count). The summed E-state index contributed by atoms with van der Waals surface area (Å²) < 4.78 is 85.5. The Hall–Kier alpha value is -3.26. The number of nitrogens with one attached hydrogen (secondary N) is 2. The number of morpholine rings is 2. The molecule has 2 N–H and O–H groups in total. The van der Waals surface area contributed by atoms with Crippen LogP contribution in [0, 0.1) is 0 Å². The fraction of sp³-hybridized carbons (Fsp3) is 0.375. The van der Waals surface area contributed by atoms with Crippen molar-refractivity contribution in [1.29, 1.82) is 0 Å². The van der Waals surface area contributed by atoms with Gasteiger partial charge in [-0.15, -0.1) is 0 Å². The number of hydrogen-bond donors (Lipinski definition) is 2. The van der Waals surface area contributed by atoms with Gasteiger partial charge in [0, 0.05) is 65.7 Å². The summed E-state index contributed by atoms with van der Waals surface area (Å²) >= 11 is 0. The molecular weight excluding hydrogens is 791 g/mol. The molecule has 288 valence electrons. The first-order chi connectivity index (χ1) is 25.6. The summed E-state index contributed by atoms with van der Waals surface area (Å²) in [6.45, 7) is 4.28. The molecule has 2 saturated heterocycles. The van der Waals surface area contributed by atoms with E-state index in [4.69, 9.17) is 9.47 Å². The number of benzene rings is 2. The smallest absolute Gasteiger partial charge is 0.744 e. The number of nitrogens with zero attached hydrogens (tertiary/aromatic N) is 10. The van der Waals surface area contributed by atoms with Crippen LogP contribution in [0.4, 0.5) is 47.1 Å². The number of ether oxygens (including phenoxy) is 2. The second-order valence-electron chi connectivity index (χ2n) is 12.5. The van der Waals surface area contributed by atoms with Gasteiger partial charge in [-0.25, -0.2) is 16.8 Å². The minimum Gasteiger partial charge on any atom is -0.744 e. The van der Waals surface area contributed by atoms with Gasteiger partial charge in [0.15, 0.2) is 0 Å². The van der Waals surface area contributed by atoms with Crippen LogP contribution in [0.15, 0.2) is 46.2 Å². The van der Waals surface area contributed by atoms with Crippen LogP contribution in [0.2, 0.25) is 0 Å². The van der Waals surface area contributed by atoms with Crippen LogP contribution in [-0.4, -0.2) is 137 Å². The molecule has 4 heterocycles. The van der Waals surface area contributed by atoms with Crippen molar-refractivity contribution in [3.63, 3.8) is 0 Å². The van der Waals surface area contributed by atoms with E-state index in [1.165, 1.54) is 36.4 Å². The Labute approximate surface area is 369 Å². The predicted octanol–water partition coefficient (Wildman–Crippen LogP) is -4.66. The van der Waals surface area contributed by atoms with E-state index in [0.29, 0.717) is 76.4 Å². The molecule has 24 heteroatoms. The fourth-order valence-corrected chi connectivity index (χ4v) is 6.79. The monoisotopic (exact) mass is 828 g/mol. The van der Waals surface area contributed by atoms with E-state index < -0.39 is 30.0 Å². The maximum Gasteiger partial charge on any atom is 1.00 e. The van der Waals surface area contributed by atoms with E-state index in [9.17, 15) is 25.9 Å². The van der Waals surface area contributed by atoms with Crippen molar-refractivity contribution < 1.29 is 94.5 Å². The molecule has 2 aliphatic heterocycles. The van der Waals surface area contributed by atoms with Crippen LogP contribution in [0.25, 0.3) is 12.2 Å². The molecule has 0 unspecified atom stereocenters. The zero-order chi connectivity index (χ0) is 38.6. The summed E-state index contributed by atoms with van der Waals surface area (Å²) in [5.41, 5.74) is 0.276. The van der Waals surface area contributed by atoms with Crippen molar-refractivity contribution in [1.82, 2.24) is 29.9 Å². The maximum atomic E-state index is 12.4. The summed E-state index contributed by atoms with van der Waals surface area (Å²) in [6, 6.07) is 7.96. The SMILES string of the molecule is CN(C)c1nc(Nc2ccc(/C=C/c3ccc(Nc4nc(N(C)C)nc(N5CCOCC5)n4)cc3S(=O)(=O)[O-])c(S(=O)(=O)[O-])c2)nc(N2CCOCC2)n1.[Na+].[Na+]. The van der Waals surface area contributed by atoms with Crippen LogP contribution in [0.1, 0.15) is 11.1 Å². The Morgan fingerprint density at radius 1 is 0.607 bits per heavy atom. The van der Waals surface area contributed by atoms with Gasteiger partial charge in [0.1, 0.15) is 20.2 Å². The molecule has 0 radical (unpaired) electrons. The van der Waals surface area contributed by atoms with Crippen molar-refractivity contribution in [2.24, 2.45) is 0 Å². The maximum absolute atomic E-state index is 12.4. The van der Waals surface area contributed by atoms with Gasteiger partial charge in [0.05, 0.1) is 36.2 Å². The van der Waals surface area contributed by atoms with Crippen molar-refractivity contribution in [3.8, 4) is 0 Å². The minimum atomic E-state index is -5.05. The van der Waals surface area contributed by atoms with Gasteiger partial charge in [0.2, 0.25) is 35.7 Å². The van der Waals surface area contributed by atoms with Gasteiger partial charge >= 0.3 is 59.1 Å². The third-order valence-electron chi connectivity index (χ3n) is 8.13. The molecular formula is C32H38N12Na2O8S2. The summed E-state index contributed by atoms with van der Waals surface area (Å²) in [4.78, 5) is 32.8. The van der Waals surface area contributed by atoms with E-state index >= 15 is 0 Å². The largest absolute Gasteiger partial charge is 1.00 e. The quantitative estimate of drug-likeness (QED) is 0.0774. The van der Waals surface area contributed by atoms with E-state index in [1.807, 2.05) is 9.80 Å². The predicted molar refractivity (Wildman–Crippen MR) is 199 cm³/mol. The number of aromatic nitrogens is 6. The van der Waals surface area contributed by atoms with Crippen LogP contribution in [0.5, 0.6) is 0 Å². The third kappa shape index (κ3) is 11.7. The van der Waals surface area contributed by atoms with Crippen molar-refractivity contribution in [3.05, 3.63) is 47.5 Å². The Morgan fingerprint density at radius 2 is 0.964 bits per heavy atom. The molecule has 0 bridgehead atoms. The molecule has 0 atom stereocenters. The van der Waals surface area contributed by atoms with Crippen LogP contribution in [-0.2, 0) is 29.7 Å². The molecule has 0 amide bonds. The van der Waals surface area contributed by atoms with Crippen LogP contribution >= 0.6 is 0 Å². The average molecular weight is 829 g/mol. The van der Waals surface area contributed by atoms with E-state index in [-0.39, 0.29) is 93.5 Å². The zero-order valence-corrected chi connectivity index (χ0v) is 37.5. The summed E-state index contributed by atoms with van der Waals surface area (Å²) in [7, 11) is -3.05. The normalized spacial score (nSPS) is 14.8. The van der Waals surface area contributed by atoms with Gasteiger partial charge in [-0.05, 0) is 35.4 Å². The van der Waals surface area contributed by atoms with Gasteiger partial charge in [-0.3, -0.25) is 0 Å². The minimum absolute atomic E-state index is 0. The molecule has 20 nitrogen and oxygen atoms in total. The number of anilines is 8. The topological polar surface area (TPSA) is 247 Å². The summed E-state index contributed by atoms with van der Waals surface area (Å²) in [5, 5.41) is 5.90. The first kappa shape index (κ1) is 45.4. The molecule has 2 aromatic heterocycles. The molecule has 2 aromatic carbocycles. The third-order valence-corrected chi connectivity index (χ3v) is 9.92. The van der Waals surface area contributed by atoms with Gasteiger partial charge in [-0.1, -0.05) is 24.3 Å². The van der Waals surface area contributed by atoms with Gasteiger partial charge in [0.25, 0.3) is 0 Å². The summed E-state index contributed by atoms with van der Waals surface area (Å²) in [5.74, 6) is 1.70. The second kappa shape index (κ2) is 19.5. The van der Waals surface area contributed by atoms with E-state index in [2.05, 4.69) is 40.5 Å². The Balaban J connectivity index is 0.00000348. The van der Waals surface area contributed by atoms with Gasteiger partial charge < -0.3 is 48.8 Å². The molecule has 0 spiro atoms. The van der Waals surface area contributed by atoms with Crippen LogP contribution in [0.3, 0.4) is 0 Å². The molecule has 0 aliphatic carbocycles. The average Bonchev–Trinajstić information content (AvgIpc) is 3.14. The van der Waals surface area contributed by atoms with E-state index in [0.717, 1.165) is 12.1 Å². The number of rotatable bonds is 12. The second-order valence-corrected chi connectivity index (χ2v) is 15.2. The molecule has 2 aliphatic rings. The molecule has 56 heavy (non-hydrogen) atoms. The Bertz CT molecular complexity index is 2100. The van der Waals surface area contributed by atoms with Crippen molar-refractivity contribution >= 4 is 79.5 Å². The summed E-state index contributed by atoms with van der Waals surface area (Å²) in [6.07, 6.45) is 2.47. The first-order valence-corrected chi connectivity index (χ1v) is 19.4. The standard InChI is InChI=1S/C32H40N12O8S2.2Na/c1-41(2)29-35-27(37-31(39-29)43-11-15-51-16-12-43)33-23-9-7-21(25(19-23)53(45,46)47)5-6-22-8-10-24(20-26(22)54(48,49)50)34-28-36-30(42(3)4)40-32(38-28)44-13-17-52-18-14-44;;/h5-10,19-20H,11-18H2,1-4H3,(H,45,46,47)(H,48,49,50)(H,33,35,37,39)(H,34,36,38,40);;/q;2*+1/p-2/b6-5+;;. The molecule has 0 saturated carbocycles. The van der Waals surface area contributed by atoms with Crippen LogP contribution < -0.4 is 89.3 Å². The Morgan fingerprint density at radius 3 is 1.29 bits per heavy atom. The fourth-order valence-electron chi connectivity index (χ4n) is 5.40. The first-order valence-electron chi connectivity index (χ1n) is 16.6. The number of hydrogen-bond acceptors (Lipinski definition) is 20. The van der Waals surface area contributed by atoms with Crippen molar-refractivity contribution in [2.75, 3.05) is 111 Å². The Kier molecular flexibility index (Phi) is 15.8. The molecule has 2 fully saturated rings. The zero-order valence-electron chi connectivity index (χ0n) is 31.8. The van der Waals surface area contributed by atoms with Crippen molar-refractivity contribution in [2.45, 2.75) is 9.79 Å².